The standard InChI is InChI=1S/C23H26ClFN2O4.ClH/c1-3-30-23(29)22-16(2)27(21(28)15-31-20-10-6-18(24)7-11-20)13-12-26(22)14-17-4-8-19(25)9-5-17;/h4-11,16,22H,3,12-15H2,1-2H3;1H. The van der Waals surface area contributed by atoms with Gasteiger partial charge in [0.25, 0.3) is 5.91 Å². The van der Waals surface area contributed by atoms with E-state index in [9.17, 15) is 14.0 Å². The van der Waals surface area contributed by atoms with Gasteiger partial charge in [-0.05, 0) is 55.8 Å². The molecule has 1 heterocycles. The zero-order chi connectivity index (χ0) is 22.4. The molecule has 1 saturated heterocycles. The summed E-state index contributed by atoms with van der Waals surface area (Å²) in [6.07, 6.45) is 0. The van der Waals surface area contributed by atoms with Crippen LogP contribution in [0.3, 0.4) is 0 Å². The van der Waals surface area contributed by atoms with Crippen LogP contribution < -0.4 is 4.74 Å². The first-order valence-electron chi connectivity index (χ1n) is 10.2. The maximum Gasteiger partial charge on any atom is 0.325 e. The van der Waals surface area contributed by atoms with Gasteiger partial charge in [-0.25, -0.2) is 4.39 Å². The third kappa shape index (κ3) is 6.58. The SMILES string of the molecule is CCOC(=O)C1C(C)N(C(=O)COc2ccc(Cl)cc2)CCN1Cc1ccc(F)cc1.Cl. The van der Waals surface area contributed by atoms with Crippen LogP contribution in [-0.2, 0) is 20.9 Å². The fourth-order valence-corrected chi connectivity index (χ4v) is 3.87. The number of piperazine rings is 1. The normalized spacial score (nSPS) is 18.6. The Morgan fingerprint density at radius 3 is 2.38 bits per heavy atom. The van der Waals surface area contributed by atoms with Crippen LogP contribution in [0.15, 0.2) is 48.5 Å². The van der Waals surface area contributed by atoms with Crippen LogP contribution in [0, 0.1) is 5.82 Å². The number of nitrogens with zero attached hydrogens (tertiary/aromatic N) is 2. The van der Waals surface area contributed by atoms with Crippen molar-refractivity contribution in [3.05, 3.63) is 64.9 Å². The Labute approximate surface area is 198 Å². The minimum atomic E-state index is -0.627. The summed E-state index contributed by atoms with van der Waals surface area (Å²) in [6.45, 7) is 5.08. The highest BCUT2D eigenvalue weighted by Crippen LogP contribution is 2.22. The van der Waals surface area contributed by atoms with Gasteiger partial charge in [-0.1, -0.05) is 23.7 Å². The average Bonchev–Trinajstić information content (AvgIpc) is 2.75. The van der Waals surface area contributed by atoms with Gasteiger partial charge >= 0.3 is 5.97 Å². The van der Waals surface area contributed by atoms with E-state index in [1.165, 1.54) is 12.1 Å². The molecule has 0 saturated carbocycles. The molecular formula is C23H27Cl2FN2O4. The summed E-state index contributed by atoms with van der Waals surface area (Å²) in [5, 5.41) is 0.585. The number of carbonyl (C=O) groups excluding carboxylic acids is 2. The summed E-state index contributed by atoms with van der Waals surface area (Å²) in [4.78, 5) is 29.2. The molecule has 32 heavy (non-hydrogen) atoms. The van der Waals surface area contributed by atoms with Gasteiger partial charge in [0.05, 0.1) is 12.6 Å². The summed E-state index contributed by atoms with van der Waals surface area (Å²) in [6, 6.07) is 11.9. The number of amides is 1. The fraction of sp³-hybridized carbons (Fsp3) is 0.391. The molecule has 9 heteroatoms. The van der Waals surface area contributed by atoms with E-state index in [2.05, 4.69) is 0 Å². The Balaban J connectivity index is 0.00000363. The second-order valence-electron chi connectivity index (χ2n) is 7.36. The lowest BCUT2D eigenvalue weighted by atomic mass is 10.0. The highest BCUT2D eigenvalue weighted by Gasteiger charge is 2.41. The number of benzene rings is 2. The lowest BCUT2D eigenvalue weighted by molar-refractivity contribution is -0.158. The molecule has 2 aromatic carbocycles. The Hall–Kier alpha value is -2.35. The van der Waals surface area contributed by atoms with Crippen molar-refractivity contribution >= 4 is 35.9 Å². The maximum absolute atomic E-state index is 13.2. The first-order chi connectivity index (χ1) is 14.9. The molecule has 2 unspecified atom stereocenters. The van der Waals surface area contributed by atoms with Crippen LogP contribution in [0.4, 0.5) is 4.39 Å². The Morgan fingerprint density at radius 2 is 1.75 bits per heavy atom. The van der Waals surface area contributed by atoms with E-state index in [4.69, 9.17) is 21.1 Å². The minimum absolute atomic E-state index is 0. The quantitative estimate of drug-likeness (QED) is 0.557. The van der Waals surface area contributed by atoms with Crippen LogP contribution in [0.2, 0.25) is 5.02 Å². The maximum atomic E-state index is 13.2. The first kappa shape index (κ1) is 25.9. The largest absolute Gasteiger partial charge is 0.484 e. The van der Waals surface area contributed by atoms with Gasteiger partial charge in [-0.15, -0.1) is 12.4 Å². The topological polar surface area (TPSA) is 59.1 Å². The smallest absolute Gasteiger partial charge is 0.325 e. The van der Waals surface area contributed by atoms with Gasteiger partial charge in [-0.2, -0.15) is 0 Å². The van der Waals surface area contributed by atoms with Crippen molar-refractivity contribution in [1.29, 1.82) is 0 Å². The molecule has 1 aliphatic heterocycles. The molecule has 0 radical (unpaired) electrons. The first-order valence-corrected chi connectivity index (χ1v) is 10.6. The molecule has 0 aromatic heterocycles. The Bertz CT molecular complexity index is 896. The molecule has 0 N–H and O–H groups in total. The lowest BCUT2D eigenvalue weighted by Gasteiger charge is -2.44. The van der Waals surface area contributed by atoms with Gasteiger partial charge in [0.2, 0.25) is 0 Å². The molecule has 1 fully saturated rings. The summed E-state index contributed by atoms with van der Waals surface area (Å²) in [5.74, 6) is -0.358. The molecule has 3 rings (SSSR count). The number of hydrogen-bond donors (Lipinski definition) is 0. The van der Waals surface area contributed by atoms with Crippen molar-refractivity contribution in [2.45, 2.75) is 32.5 Å². The number of carbonyl (C=O) groups is 2. The predicted octanol–water partition coefficient (Wildman–Crippen LogP) is 3.94. The van der Waals surface area contributed by atoms with Crippen molar-refractivity contribution in [2.24, 2.45) is 0 Å². The van der Waals surface area contributed by atoms with Crippen LogP contribution in [-0.4, -0.2) is 60.1 Å². The van der Waals surface area contributed by atoms with E-state index in [1.54, 1.807) is 48.2 Å². The van der Waals surface area contributed by atoms with Crippen molar-refractivity contribution in [3.63, 3.8) is 0 Å². The highest BCUT2D eigenvalue weighted by molar-refractivity contribution is 6.30. The number of rotatable bonds is 7. The fourth-order valence-electron chi connectivity index (χ4n) is 3.74. The molecule has 1 amide bonds. The molecular weight excluding hydrogens is 458 g/mol. The number of halogens is 3. The molecule has 2 aromatic rings. The van der Waals surface area contributed by atoms with Gasteiger partial charge in [-0.3, -0.25) is 14.5 Å². The van der Waals surface area contributed by atoms with E-state index in [0.29, 0.717) is 30.4 Å². The summed E-state index contributed by atoms with van der Waals surface area (Å²) in [7, 11) is 0. The van der Waals surface area contributed by atoms with E-state index in [1.807, 2.05) is 11.8 Å². The van der Waals surface area contributed by atoms with E-state index in [-0.39, 0.29) is 43.3 Å². The van der Waals surface area contributed by atoms with Crippen LogP contribution in [0.1, 0.15) is 19.4 Å². The molecule has 0 aliphatic carbocycles. The number of hydrogen-bond acceptors (Lipinski definition) is 5. The molecule has 0 spiro atoms. The summed E-state index contributed by atoms with van der Waals surface area (Å²) in [5.41, 5.74) is 0.883. The molecule has 174 valence electrons. The number of ether oxygens (including phenoxy) is 2. The van der Waals surface area contributed by atoms with Crippen molar-refractivity contribution < 1.29 is 23.5 Å². The second-order valence-corrected chi connectivity index (χ2v) is 7.80. The summed E-state index contributed by atoms with van der Waals surface area (Å²) < 4.78 is 24.1. The minimum Gasteiger partial charge on any atom is -0.484 e. The third-order valence-corrected chi connectivity index (χ3v) is 5.55. The zero-order valence-corrected chi connectivity index (χ0v) is 19.6. The molecule has 6 nitrogen and oxygen atoms in total. The van der Waals surface area contributed by atoms with Gasteiger partial charge in [0.15, 0.2) is 6.61 Å². The average molecular weight is 485 g/mol. The van der Waals surface area contributed by atoms with E-state index < -0.39 is 12.1 Å². The van der Waals surface area contributed by atoms with Gasteiger partial charge in [0.1, 0.15) is 17.6 Å². The highest BCUT2D eigenvalue weighted by atomic mass is 35.5. The van der Waals surface area contributed by atoms with E-state index in [0.717, 1.165) is 5.56 Å². The van der Waals surface area contributed by atoms with Crippen molar-refractivity contribution in [1.82, 2.24) is 9.80 Å². The lowest BCUT2D eigenvalue weighted by Crippen LogP contribution is -2.63. The summed E-state index contributed by atoms with van der Waals surface area (Å²) >= 11 is 5.87. The van der Waals surface area contributed by atoms with E-state index >= 15 is 0 Å². The third-order valence-electron chi connectivity index (χ3n) is 5.29. The number of esters is 1. The van der Waals surface area contributed by atoms with Crippen LogP contribution in [0.25, 0.3) is 0 Å². The van der Waals surface area contributed by atoms with Crippen LogP contribution in [0.5, 0.6) is 5.75 Å². The van der Waals surface area contributed by atoms with Crippen molar-refractivity contribution in [3.8, 4) is 5.75 Å². The zero-order valence-electron chi connectivity index (χ0n) is 18.0. The molecule has 1 aliphatic rings. The monoisotopic (exact) mass is 484 g/mol. The van der Waals surface area contributed by atoms with Crippen molar-refractivity contribution in [2.75, 3.05) is 26.3 Å². The van der Waals surface area contributed by atoms with Gasteiger partial charge < -0.3 is 14.4 Å². The second kappa shape index (κ2) is 12.0. The molecule has 2 atom stereocenters. The Morgan fingerprint density at radius 1 is 1.09 bits per heavy atom. The van der Waals surface area contributed by atoms with Gasteiger partial charge in [0, 0.05) is 24.7 Å². The van der Waals surface area contributed by atoms with Crippen LogP contribution >= 0.6 is 24.0 Å². The Kier molecular flexibility index (Phi) is 9.75. The predicted molar refractivity (Wildman–Crippen MR) is 123 cm³/mol. The molecule has 0 bridgehead atoms.